The van der Waals surface area contributed by atoms with Crippen LogP contribution in [0.2, 0.25) is 0 Å². The summed E-state index contributed by atoms with van der Waals surface area (Å²) in [4.78, 5) is 23.5. The van der Waals surface area contributed by atoms with E-state index in [1.165, 1.54) is 4.90 Å². The summed E-state index contributed by atoms with van der Waals surface area (Å²) in [5, 5.41) is 8.78. The molecule has 3 N–H and O–H groups in total. The molecule has 1 heterocycles. The van der Waals surface area contributed by atoms with Gasteiger partial charge in [-0.05, 0) is 19.8 Å². The van der Waals surface area contributed by atoms with Crippen LogP contribution in [0.15, 0.2) is 0 Å². The van der Waals surface area contributed by atoms with Crippen molar-refractivity contribution in [1.82, 2.24) is 4.90 Å². The van der Waals surface area contributed by atoms with Gasteiger partial charge in [0.25, 0.3) is 0 Å². The number of aliphatic carboxylic acids is 1. The van der Waals surface area contributed by atoms with Gasteiger partial charge in [-0.2, -0.15) is 0 Å². The van der Waals surface area contributed by atoms with Crippen LogP contribution in [-0.4, -0.2) is 40.5 Å². The lowest BCUT2D eigenvalue weighted by Gasteiger charge is -2.22. The highest BCUT2D eigenvalue weighted by atomic mass is 16.4. The third-order valence-corrected chi connectivity index (χ3v) is 2.21. The second-order valence-electron chi connectivity index (χ2n) is 3.32. The van der Waals surface area contributed by atoms with Crippen LogP contribution < -0.4 is 5.73 Å². The summed E-state index contributed by atoms with van der Waals surface area (Å²) >= 11 is 0. The van der Waals surface area contributed by atoms with E-state index >= 15 is 0 Å². The van der Waals surface area contributed by atoms with Crippen LogP contribution in [0.5, 0.6) is 0 Å². The molecule has 1 fully saturated rings. The van der Waals surface area contributed by atoms with Gasteiger partial charge in [-0.25, -0.2) is 4.79 Å². The van der Waals surface area contributed by atoms with Gasteiger partial charge >= 0.3 is 5.97 Å². The molecule has 0 aromatic carbocycles. The maximum absolute atomic E-state index is 11.4. The Morgan fingerprint density at radius 1 is 1.62 bits per heavy atom. The summed E-state index contributed by atoms with van der Waals surface area (Å²) in [5.41, 5.74) is 5.39. The van der Waals surface area contributed by atoms with E-state index in [1.54, 1.807) is 6.92 Å². The molecule has 1 rings (SSSR count). The molecule has 2 unspecified atom stereocenters. The number of hydrogen-bond donors (Lipinski definition) is 2. The van der Waals surface area contributed by atoms with E-state index in [0.717, 1.165) is 6.42 Å². The lowest BCUT2D eigenvalue weighted by Crippen LogP contribution is -2.47. The molecule has 0 bridgehead atoms. The highest BCUT2D eigenvalue weighted by Gasteiger charge is 2.34. The second-order valence-corrected chi connectivity index (χ2v) is 3.32. The predicted molar refractivity (Wildman–Crippen MR) is 46.0 cm³/mol. The van der Waals surface area contributed by atoms with Gasteiger partial charge in [0.1, 0.15) is 6.04 Å². The number of amides is 1. The monoisotopic (exact) mass is 186 g/mol. The first-order valence-corrected chi connectivity index (χ1v) is 4.33. The molecule has 0 aliphatic carbocycles. The van der Waals surface area contributed by atoms with E-state index < -0.39 is 18.1 Å². The third-order valence-electron chi connectivity index (χ3n) is 2.21. The number of rotatable bonds is 2. The lowest BCUT2D eigenvalue weighted by molar-refractivity contribution is -0.148. The van der Waals surface area contributed by atoms with E-state index in [9.17, 15) is 9.59 Å². The molecule has 13 heavy (non-hydrogen) atoms. The molecule has 5 heteroatoms. The fraction of sp³-hybridized carbons (Fsp3) is 0.750. The van der Waals surface area contributed by atoms with Crippen LogP contribution in [0.25, 0.3) is 0 Å². The SMILES string of the molecule is CC(N)C(=O)N1CCCC1C(=O)O. The average molecular weight is 186 g/mol. The van der Waals surface area contributed by atoms with Crippen LogP contribution in [0.4, 0.5) is 0 Å². The minimum absolute atomic E-state index is 0.273. The standard InChI is InChI=1S/C8H14N2O3/c1-5(9)7(11)10-4-2-3-6(10)8(12)13/h5-6H,2-4,9H2,1H3,(H,12,13). The second kappa shape index (κ2) is 3.74. The average Bonchev–Trinajstić information content (AvgIpc) is 2.50. The summed E-state index contributed by atoms with van der Waals surface area (Å²) in [6, 6.07) is -1.28. The van der Waals surface area contributed by atoms with E-state index in [-0.39, 0.29) is 5.91 Å². The van der Waals surface area contributed by atoms with E-state index in [0.29, 0.717) is 13.0 Å². The molecule has 0 aromatic heterocycles. The molecule has 0 saturated carbocycles. The number of hydrogen-bond acceptors (Lipinski definition) is 3. The first kappa shape index (κ1) is 9.98. The smallest absolute Gasteiger partial charge is 0.326 e. The molecule has 74 valence electrons. The van der Waals surface area contributed by atoms with Gasteiger partial charge < -0.3 is 15.7 Å². The maximum Gasteiger partial charge on any atom is 0.326 e. The largest absolute Gasteiger partial charge is 0.480 e. The number of nitrogens with two attached hydrogens (primary N) is 1. The van der Waals surface area contributed by atoms with Crippen LogP contribution in [0.1, 0.15) is 19.8 Å². The number of nitrogens with zero attached hydrogens (tertiary/aromatic N) is 1. The Hall–Kier alpha value is -1.10. The maximum atomic E-state index is 11.4. The third kappa shape index (κ3) is 1.98. The molecule has 1 aliphatic heterocycles. The summed E-state index contributed by atoms with van der Waals surface area (Å²) in [6.07, 6.45) is 1.28. The number of carboxylic acids is 1. The highest BCUT2D eigenvalue weighted by molar-refractivity contribution is 5.87. The van der Waals surface area contributed by atoms with Crippen molar-refractivity contribution in [3.63, 3.8) is 0 Å². The van der Waals surface area contributed by atoms with Crippen molar-refractivity contribution < 1.29 is 14.7 Å². The van der Waals surface area contributed by atoms with Crippen molar-refractivity contribution >= 4 is 11.9 Å². The minimum Gasteiger partial charge on any atom is -0.480 e. The van der Waals surface area contributed by atoms with Crippen molar-refractivity contribution in [3.05, 3.63) is 0 Å². The molecule has 1 amide bonds. The van der Waals surface area contributed by atoms with Gasteiger partial charge in [-0.3, -0.25) is 4.79 Å². The Labute approximate surface area is 76.5 Å². The molecular weight excluding hydrogens is 172 g/mol. The topological polar surface area (TPSA) is 83.6 Å². The summed E-state index contributed by atoms with van der Waals surface area (Å²) in [5.74, 6) is -1.21. The summed E-state index contributed by atoms with van der Waals surface area (Å²) in [7, 11) is 0. The normalized spacial score (nSPS) is 24.5. The van der Waals surface area contributed by atoms with Crippen molar-refractivity contribution in [2.24, 2.45) is 5.73 Å². The first-order chi connectivity index (χ1) is 6.04. The van der Waals surface area contributed by atoms with E-state index in [1.807, 2.05) is 0 Å². The molecule has 2 atom stereocenters. The van der Waals surface area contributed by atoms with Gasteiger partial charge in [0.15, 0.2) is 0 Å². The first-order valence-electron chi connectivity index (χ1n) is 4.33. The highest BCUT2D eigenvalue weighted by Crippen LogP contribution is 2.17. The van der Waals surface area contributed by atoms with Gasteiger partial charge in [0.2, 0.25) is 5.91 Å². The van der Waals surface area contributed by atoms with Crippen LogP contribution in [0, 0.1) is 0 Å². The van der Waals surface area contributed by atoms with Crippen molar-refractivity contribution in [2.45, 2.75) is 31.8 Å². The Morgan fingerprint density at radius 2 is 2.23 bits per heavy atom. The Morgan fingerprint density at radius 3 is 2.69 bits per heavy atom. The number of carbonyl (C=O) groups excluding carboxylic acids is 1. The Balaban J connectivity index is 2.68. The number of carboxylic acid groups (broad SMARTS) is 1. The fourth-order valence-electron chi connectivity index (χ4n) is 1.55. The van der Waals surface area contributed by atoms with Crippen molar-refractivity contribution in [2.75, 3.05) is 6.54 Å². The fourth-order valence-corrected chi connectivity index (χ4v) is 1.55. The van der Waals surface area contributed by atoms with Crippen molar-refractivity contribution in [1.29, 1.82) is 0 Å². The molecule has 0 aromatic rings. The van der Waals surface area contributed by atoms with Gasteiger partial charge in [-0.15, -0.1) is 0 Å². The zero-order valence-corrected chi connectivity index (χ0v) is 7.56. The predicted octanol–water partition coefficient (Wildman–Crippen LogP) is -0.591. The van der Waals surface area contributed by atoms with Crippen molar-refractivity contribution in [3.8, 4) is 0 Å². The zero-order valence-electron chi connectivity index (χ0n) is 7.56. The van der Waals surface area contributed by atoms with Gasteiger partial charge in [0.05, 0.1) is 6.04 Å². The van der Waals surface area contributed by atoms with E-state index in [4.69, 9.17) is 10.8 Å². The molecule has 1 aliphatic rings. The van der Waals surface area contributed by atoms with E-state index in [2.05, 4.69) is 0 Å². The quantitative estimate of drug-likeness (QED) is 0.603. The van der Waals surface area contributed by atoms with Crippen LogP contribution in [-0.2, 0) is 9.59 Å². The molecule has 5 nitrogen and oxygen atoms in total. The number of likely N-dealkylation sites (tertiary alicyclic amines) is 1. The Kier molecular flexibility index (Phi) is 2.87. The van der Waals surface area contributed by atoms with Crippen LogP contribution in [0.3, 0.4) is 0 Å². The van der Waals surface area contributed by atoms with Crippen LogP contribution >= 0.6 is 0 Å². The number of carbonyl (C=O) groups is 2. The Bertz CT molecular complexity index is 227. The zero-order chi connectivity index (χ0) is 10.0. The summed E-state index contributed by atoms with van der Waals surface area (Å²) < 4.78 is 0. The van der Waals surface area contributed by atoms with Gasteiger partial charge in [-0.1, -0.05) is 0 Å². The molecule has 1 saturated heterocycles. The molecule has 0 radical (unpaired) electrons. The lowest BCUT2D eigenvalue weighted by atomic mass is 10.2. The molecular formula is C8H14N2O3. The summed E-state index contributed by atoms with van der Waals surface area (Å²) in [6.45, 7) is 2.08. The molecule has 0 spiro atoms. The minimum atomic E-state index is -0.938. The van der Waals surface area contributed by atoms with Gasteiger partial charge in [0, 0.05) is 6.54 Å².